The van der Waals surface area contributed by atoms with Gasteiger partial charge in [0.25, 0.3) is 11.5 Å². The van der Waals surface area contributed by atoms with Crippen molar-refractivity contribution in [3.63, 3.8) is 0 Å². The molecule has 6 heteroatoms. The summed E-state index contributed by atoms with van der Waals surface area (Å²) in [6.45, 7) is 7.77. The zero-order chi connectivity index (χ0) is 19.6. The Morgan fingerprint density at radius 2 is 1.89 bits per heavy atom. The maximum Gasteiger partial charge on any atom is 0.267 e. The molecule has 2 aromatic heterocycles. The van der Waals surface area contributed by atoms with Gasteiger partial charge in [-0.05, 0) is 57.5 Å². The van der Waals surface area contributed by atoms with Crippen LogP contribution in [0.2, 0.25) is 0 Å². The van der Waals surface area contributed by atoms with Crippen molar-refractivity contribution in [3.8, 4) is 11.5 Å². The highest BCUT2D eigenvalue weighted by Gasteiger charge is 2.36. The molecule has 3 aromatic rings. The number of hydrogen-bond donors (Lipinski definition) is 0. The minimum atomic E-state index is -1.17. The van der Waals surface area contributed by atoms with Gasteiger partial charge in [-0.15, -0.1) is 0 Å². The predicted molar refractivity (Wildman–Crippen MR) is 105 cm³/mol. The average Bonchev–Trinajstić information content (AvgIpc) is 3.18. The Morgan fingerprint density at radius 3 is 2.52 bits per heavy atom. The lowest BCUT2D eigenvalue weighted by molar-refractivity contribution is -0.126. The molecule has 0 fully saturated rings. The highest BCUT2D eigenvalue weighted by Crippen LogP contribution is 2.25. The van der Waals surface area contributed by atoms with Crippen molar-refractivity contribution in [2.75, 3.05) is 11.4 Å². The van der Waals surface area contributed by atoms with Crippen LogP contribution in [0.25, 0.3) is 11.5 Å². The molecule has 0 atom stereocenters. The summed E-state index contributed by atoms with van der Waals surface area (Å²) in [7, 11) is 0. The van der Waals surface area contributed by atoms with Crippen molar-refractivity contribution in [1.29, 1.82) is 0 Å². The summed E-state index contributed by atoms with van der Waals surface area (Å²) in [6, 6.07) is 14.2. The molecular weight excluding hydrogens is 342 g/mol. The second-order valence-electron chi connectivity index (χ2n) is 6.84. The van der Waals surface area contributed by atoms with Gasteiger partial charge in [-0.1, -0.05) is 18.2 Å². The van der Waals surface area contributed by atoms with Gasteiger partial charge in [0.1, 0.15) is 11.2 Å². The van der Waals surface area contributed by atoms with Crippen molar-refractivity contribution in [2.45, 2.75) is 33.2 Å². The van der Waals surface area contributed by atoms with Crippen LogP contribution in [0.1, 0.15) is 26.3 Å². The minimum absolute atomic E-state index is 0.203. The SMILES string of the molecule is CCN(C(=O)C(C)(C)n1nc(-c2ccco2)ccc1=O)c1ccccc1C. The largest absolute Gasteiger partial charge is 0.463 e. The molecule has 27 heavy (non-hydrogen) atoms. The molecule has 0 radical (unpaired) electrons. The molecular formula is C21H23N3O3. The Labute approximate surface area is 158 Å². The lowest BCUT2D eigenvalue weighted by Crippen LogP contribution is -2.51. The van der Waals surface area contributed by atoms with E-state index in [-0.39, 0.29) is 11.5 Å². The van der Waals surface area contributed by atoms with Crippen LogP contribution >= 0.6 is 0 Å². The molecule has 0 aliphatic carbocycles. The lowest BCUT2D eigenvalue weighted by Gasteiger charge is -2.32. The monoisotopic (exact) mass is 365 g/mol. The molecule has 0 saturated carbocycles. The first kappa shape index (κ1) is 18.6. The van der Waals surface area contributed by atoms with E-state index in [1.165, 1.54) is 10.7 Å². The number of para-hydroxylation sites is 1. The molecule has 0 unspecified atom stereocenters. The average molecular weight is 365 g/mol. The Bertz CT molecular complexity index is 1000. The van der Waals surface area contributed by atoms with Crippen LogP contribution in [0.4, 0.5) is 5.69 Å². The van der Waals surface area contributed by atoms with E-state index in [1.807, 2.05) is 38.1 Å². The number of benzene rings is 1. The van der Waals surface area contributed by atoms with Gasteiger partial charge < -0.3 is 9.32 Å². The summed E-state index contributed by atoms with van der Waals surface area (Å²) in [5, 5.41) is 4.40. The van der Waals surface area contributed by atoms with Gasteiger partial charge in [0, 0.05) is 18.3 Å². The molecule has 3 rings (SSSR count). The zero-order valence-electron chi connectivity index (χ0n) is 16.0. The second-order valence-corrected chi connectivity index (χ2v) is 6.84. The number of anilines is 1. The number of likely N-dealkylation sites (N-methyl/N-ethyl adjacent to an activating group) is 1. The summed E-state index contributed by atoms with van der Waals surface area (Å²) >= 11 is 0. The number of rotatable bonds is 5. The highest BCUT2D eigenvalue weighted by molar-refractivity contribution is 5.98. The number of nitrogens with zero attached hydrogens (tertiary/aromatic N) is 3. The fraction of sp³-hybridized carbons (Fsp3) is 0.286. The molecule has 6 nitrogen and oxygen atoms in total. The third-order valence-electron chi connectivity index (χ3n) is 4.59. The fourth-order valence-electron chi connectivity index (χ4n) is 3.08. The molecule has 140 valence electrons. The Balaban J connectivity index is 2.05. The second kappa shape index (κ2) is 7.23. The van der Waals surface area contributed by atoms with Crippen LogP contribution in [0, 0.1) is 6.92 Å². The normalized spacial score (nSPS) is 11.4. The fourth-order valence-corrected chi connectivity index (χ4v) is 3.08. The van der Waals surface area contributed by atoms with Crippen LogP contribution < -0.4 is 10.5 Å². The predicted octanol–water partition coefficient (Wildman–Crippen LogP) is 3.60. The van der Waals surface area contributed by atoms with Gasteiger partial charge in [-0.25, -0.2) is 4.68 Å². The van der Waals surface area contributed by atoms with E-state index in [9.17, 15) is 9.59 Å². The number of furan rings is 1. The van der Waals surface area contributed by atoms with E-state index < -0.39 is 5.54 Å². The van der Waals surface area contributed by atoms with E-state index in [0.717, 1.165) is 11.3 Å². The molecule has 0 saturated heterocycles. The Kier molecular flexibility index (Phi) is 4.99. The highest BCUT2D eigenvalue weighted by atomic mass is 16.3. The molecule has 0 N–H and O–H groups in total. The van der Waals surface area contributed by atoms with E-state index >= 15 is 0 Å². The van der Waals surface area contributed by atoms with Crippen LogP contribution in [0.3, 0.4) is 0 Å². The van der Waals surface area contributed by atoms with Crippen LogP contribution in [-0.2, 0) is 10.3 Å². The standard InChI is InChI=1S/C21H23N3O3/c1-5-23(17-10-7-6-9-15(17)2)20(26)21(3,4)24-19(25)13-12-16(22-24)18-11-8-14-27-18/h6-14H,5H2,1-4H3. The van der Waals surface area contributed by atoms with Gasteiger partial charge in [0.05, 0.1) is 6.26 Å². The summed E-state index contributed by atoms with van der Waals surface area (Å²) in [5.74, 6) is 0.337. The first-order valence-corrected chi connectivity index (χ1v) is 8.88. The third kappa shape index (κ3) is 3.43. The Morgan fingerprint density at radius 1 is 1.15 bits per heavy atom. The zero-order valence-corrected chi connectivity index (χ0v) is 16.0. The van der Waals surface area contributed by atoms with Gasteiger partial charge in [-0.2, -0.15) is 5.10 Å². The number of amides is 1. The maximum atomic E-state index is 13.4. The molecule has 0 aliphatic rings. The molecule has 1 amide bonds. The topological polar surface area (TPSA) is 68.3 Å². The molecule has 2 heterocycles. The number of aromatic nitrogens is 2. The van der Waals surface area contributed by atoms with E-state index in [2.05, 4.69) is 5.10 Å². The van der Waals surface area contributed by atoms with Crippen LogP contribution in [0.5, 0.6) is 0 Å². The van der Waals surface area contributed by atoms with Crippen molar-refractivity contribution < 1.29 is 9.21 Å². The molecule has 0 aliphatic heterocycles. The number of carbonyl (C=O) groups excluding carboxylic acids is 1. The Hall–Kier alpha value is -3.15. The quantitative estimate of drug-likeness (QED) is 0.693. The number of aryl methyl sites for hydroxylation is 1. The van der Waals surface area contributed by atoms with E-state index in [4.69, 9.17) is 4.42 Å². The molecule has 1 aromatic carbocycles. The lowest BCUT2D eigenvalue weighted by atomic mass is 10.0. The molecule has 0 bridgehead atoms. The van der Waals surface area contributed by atoms with Crippen molar-refractivity contribution in [1.82, 2.24) is 9.78 Å². The summed E-state index contributed by atoms with van der Waals surface area (Å²) in [6.07, 6.45) is 1.54. The summed E-state index contributed by atoms with van der Waals surface area (Å²) in [5.41, 5.74) is 0.809. The minimum Gasteiger partial charge on any atom is -0.463 e. The maximum absolute atomic E-state index is 13.4. The van der Waals surface area contributed by atoms with E-state index in [1.54, 1.807) is 43.2 Å². The van der Waals surface area contributed by atoms with Gasteiger partial charge in [0.2, 0.25) is 0 Å². The first-order chi connectivity index (χ1) is 12.9. The van der Waals surface area contributed by atoms with Crippen molar-refractivity contribution >= 4 is 11.6 Å². The summed E-state index contributed by atoms with van der Waals surface area (Å²) in [4.78, 5) is 27.6. The van der Waals surface area contributed by atoms with Gasteiger partial charge >= 0.3 is 0 Å². The smallest absolute Gasteiger partial charge is 0.267 e. The van der Waals surface area contributed by atoms with Crippen molar-refractivity contribution in [2.24, 2.45) is 0 Å². The first-order valence-electron chi connectivity index (χ1n) is 8.88. The van der Waals surface area contributed by atoms with Gasteiger partial charge in [0.15, 0.2) is 5.76 Å². The molecule has 0 spiro atoms. The van der Waals surface area contributed by atoms with Crippen LogP contribution in [0.15, 0.2) is 64.0 Å². The van der Waals surface area contributed by atoms with Gasteiger partial charge in [-0.3, -0.25) is 9.59 Å². The van der Waals surface area contributed by atoms with Crippen molar-refractivity contribution in [3.05, 3.63) is 70.7 Å². The summed E-state index contributed by atoms with van der Waals surface area (Å²) < 4.78 is 6.60. The van der Waals surface area contributed by atoms with E-state index in [0.29, 0.717) is 18.0 Å². The number of carbonyl (C=O) groups is 1. The van der Waals surface area contributed by atoms with Crippen LogP contribution in [-0.4, -0.2) is 22.2 Å². The third-order valence-corrected chi connectivity index (χ3v) is 4.59. The number of hydrogen-bond acceptors (Lipinski definition) is 4.